The van der Waals surface area contributed by atoms with Crippen LogP contribution in [0.4, 0.5) is 0 Å². The second-order valence-electron chi connectivity index (χ2n) is 4.84. The van der Waals surface area contributed by atoms with Gasteiger partial charge in [-0.15, -0.1) is 0 Å². The van der Waals surface area contributed by atoms with Crippen molar-refractivity contribution in [2.75, 3.05) is 6.61 Å². The van der Waals surface area contributed by atoms with Crippen molar-refractivity contribution < 1.29 is 9.53 Å². The van der Waals surface area contributed by atoms with Crippen molar-refractivity contribution in [1.82, 2.24) is 0 Å². The lowest BCUT2D eigenvalue weighted by Gasteiger charge is -2.13. The number of carbonyl (C=O) groups excluding carboxylic acids is 1. The fourth-order valence-electron chi connectivity index (χ4n) is 2.33. The van der Waals surface area contributed by atoms with E-state index in [4.69, 9.17) is 4.74 Å². The van der Waals surface area contributed by atoms with Gasteiger partial charge in [0.1, 0.15) is 0 Å². The van der Waals surface area contributed by atoms with Crippen LogP contribution in [0.2, 0.25) is 0 Å². The second-order valence-corrected chi connectivity index (χ2v) is 4.84. The van der Waals surface area contributed by atoms with Gasteiger partial charge < -0.3 is 4.74 Å². The summed E-state index contributed by atoms with van der Waals surface area (Å²) < 4.78 is 5.58. The molecule has 17 heavy (non-hydrogen) atoms. The van der Waals surface area contributed by atoms with Gasteiger partial charge in [0.2, 0.25) is 0 Å². The Hall–Kier alpha value is -1.15. The Bertz CT molecular complexity index is 352. The quantitative estimate of drug-likeness (QED) is 0.727. The minimum atomic E-state index is 0.0987. The van der Waals surface area contributed by atoms with Crippen molar-refractivity contribution in [2.45, 2.75) is 38.7 Å². The van der Waals surface area contributed by atoms with Crippen LogP contribution in [0.25, 0.3) is 0 Å². The summed E-state index contributed by atoms with van der Waals surface area (Å²) in [4.78, 5) is 12.1. The van der Waals surface area contributed by atoms with Crippen molar-refractivity contribution in [3.63, 3.8) is 0 Å². The van der Waals surface area contributed by atoms with Crippen molar-refractivity contribution in [3.05, 3.63) is 35.9 Å². The number of rotatable bonds is 5. The molecule has 0 bridgehead atoms. The summed E-state index contributed by atoms with van der Waals surface area (Å²) in [6.45, 7) is 2.91. The summed E-state index contributed by atoms with van der Waals surface area (Å²) in [6.07, 6.45) is 4.66. The average molecular weight is 232 g/mol. The first-order valence-corrected chi connectivity index (χ1v) is 6.48. The third-order valence-corrected chi connectivity index (χ3v) is 3.45. The van der Waals surface area contributed by atoms with Crippen LogP contribution in [0.1, 0.15) is 43.0 Å². The molecule has 92 valence electrons. The Balaban J connectivity index is 1.83. The van der Waals surface area contributed by atoms with Crippen LogP contribution < -0.4 is 0 Å². The lowest BCUT2D eigenvalue weighted by Crippen LogP contribution is -2.14. The van der Waals surface area contributed by atoms with E-state index in [0.29, 0.717) is 6.10 Å². The molecule has 1 aliphatic rings. The van der Waals surface area contributed by atoms with E-state index >= 15 is 0 Å². The van der Waals surface area contributed by atoms with E-state index in [0.717, 1.165) is 31.4 Å². The zero-order valence-electron chi connectivity index (χ0n) is 10.4. The van der Waals surface area contributed by atoms with Crippen molar-refractivity contribution in [2.24, 2.45) is 5.92 Å². The SMILES string of the molecule is CC(CCC1CCCO1)C(=O)c1ccccc1. The number of ketones is 1. The van der Waals surface area contributed by atoms with Gasteiger partial charge in [-0.2, -0.15) is 0 Å². The molecule has 0 aromatic heterocycles. The lowest BCUT2D eigenvalue weighted by atomic mass is 9.93. The Kier molecular flexibility index (Phi) is 4.32. The molecule has 2 unspecified atom stereocenters. The third kappa shape index (κ3) is 3.40. The number of ether oxygens (including phenoxy) is 1. The van der Waals surface area contributed by atoms with Crippen LogP contribution in [-0.2, 0) is 4.74 Å². The van der Waals surface area contributed by atoms with Gasteiger partial charge in [-0.3, -0.25) is 4.79 Å². The summed E-state index contributed by atoms with van der Waals surface area (Å²) in [5.41, 5.74) is 0.826. The molecule has 1 fully saturated rings. The molecular formula is C15H20O2. The predicted molar refractivity (Wildman–Crippen MR) is 68.1 cm³/mol. The van der Waals surface area contributed by atoms with Crippen molar-refractivity contribution in [1.29, 1.82) is 0 Å². The van der Waals surface area contributed by atoms with Crippen LogP contribution in [0.5, 0.6) is 0 Å². The Morgan fingerprint density at radius 2 is 2.18 bits per heavy atom. The molecule has 0 amide bonds. The standard InChI is InChI=1S/C15H20O2/c1-12(9-10-14-8-5-11-17-14)15(16)13-6-3-2-4-7-13/h2-4,6-7,12,14H,5,8-11H2,1H3. The molecule has 0 radical (unpaired) electrons. The van der Waals surface area contributed by atoms with Gasteiger partial charge >= 0.3 is 0 Å². The Labute approximate surface area is 103 Å². The molecule has 1 aromatic rings. The maximum absolute atomic E-state index is 12.1. The molecule has 2 heteroatoms. The molecule has 1 aromatic carbocycles. The van der Waals surface area contributed by atoms with Gasteiger partial charge in [-0.1, -0.05) is 37.3 Å². The molecule has 2 rings (SSSR count). The van der Waals surface area contributed by atoms with Crippen molar-refractivity contribution in [3.8, 4) is 0 Å². The van der Waals surface area contributed by atoms with Crippen molar-refractivity contribution >= 4 is 5.78 Å². The Morgan fingerprint density at radius 3 is 2.82 bits per heavy atom. The summed E-state index contributed by atoms with van der Waals surface area (Å²) in [7, 11) is 0. The van der Waals surface area contributed by atoms with Gasteiger partial charge in [0.05, 0.1) is 6.10 Å². The zero-order chi connectivity index (χ0) is 12.1. The summed E-state index contributed by atoms with van der Waals surface area (Å²) in [6, 6.07) is 9.56. The highest BCUT2D eigenvalue weighted by molar-refractivity contribution is 5.97. The molecule has 1 aliphatic heterocycles. The summed E-state index contributed by atoms with van der Waals surface area (Å²) in [5, 5.41) is 0. The first-order valence-electron chi connectivity index (χ1n) is 6.48. The second kappa shape index (κ2) is 5.97. The van der Waals surface area contributed by atoms with Gasteiger partial charge in [-0.05, 0) is 25.7 Å². The highest BCUT2D eigenvalue weighted by atomic mass is 16.5. The molecule has 2 nitrogen and oxygen atoms in total. The zero-order valence-corrected chi connectivity index (χ0v) is 10.4. The highest BCUT2D eigenvalue weighted by Crippen LogP contribution is 2.21. The smallest absolute Gasteiger partial charge is 0.165 e. The first kappa shape index (κ1) is 12.3. The highest BCUT2D eigenvalue weighted by Gasteiger charge is 2.19. The number of carbonyl (C=O) groups is 1. The fraction of sp³-hybridized carbons (Fsp3) is 0.533. The molecule has 2 atom stereocenters. The number of hydrogen-bond acceptors (Lipinski definition) is 2. The van der Waals surface area contributed by atoms with E-state index in [1.807, 2.05) is 37.3 Å². The largest absolute Gasteiger partial charge is 0.378 e. The minimum absolute atomic E-state index is 0.0987. The monoisotopic (exact) mass is 232 g/mol. The van der Waals surface area contributed by atoms with Gasteiger partial charge in [0.15, 0.2) is 5.78 Å². The molecular weight excluding hydrogens is 212 g/mol. The van der Waals surface area contributed by atoms with E-state index in [1.54, 1.807) is 0 Å². The molecule has 1 saturated heterocycles. The number of hydrogen-bond donors (Lipinski definition) is 0. The normalized spacial score (nSPS) is 21.4. The molecule has 0 spiro atoms. The van der Waals surface area contributed by atoms with Gasteiger partial charge in [-0.25, -0.2) is 0 Å². The predicted octanol–water partition coefficient (Wildman–Crippen LogP) is 3.46. The fourth-order valence-corrected chi connectivity index (χ4v) is 2.33. The van der Waals surface area contributed by atoms with E-state index in [1.165, 1.54) is 6.42 Å². The Morgan fingerprint density at radius 1 is 1.41 bits per heavy atom. The summed E-state index contributed by atoms with van der Waals surface area (Å²) in [5.74, 6) is 0.352. The van der Waals surface area contributed by atoms with Gasteiger partial charge in [0.25, 0.3) is 0 Å². The van der Waals surface area contributed by atoms with E-state index in [-0.39, 0.29) is 11.7 Å². The number of benzene rings is 1. The minimum Gasteiger partial charge on any atom is -0.378 e. The first-order chi connectivity index (χ1) is 8.27. The maximum atomic E-state index is 12.1. The topological polar surface area (TPSA) is 26.3 Å². The molecule has 0 N–H and O–H groups in total. The van der Waals surface area contributed by atoms with Crippen LogP contribution in [0.15, 0.2) is 30.3 Å². The van der Waals surface area contributed by atoms with E-state index in [2.05, 4.69) is 0 Å². The van der Waals surface area contributed by atoms with Crippen LogP contribution >= 0.6 is 0 Å². The van der Waals surface area contributed by atoms with Crippen LogP contribution in [0.3, 0.4) is 0 Å². The maximum Gasteiger partial charge on any atom is 0.165 e. The number of Topliss-reactive ketones (excluding diaryl/α,β-unsaturated/α-hetero) is 1. The lowest BCUT2D eigenvalue weighted by molar-refractivity contribution is 0.0850. The van der Waals surface area contributed by atoms with Gasteiger partial charge in [0, 0.05) is 18.1 Å². The van der Waals surface area contributed by atoms with Crippen LogP contribution in [-0.4, -0.2) is 18.5 Å². The average Bonchev–Trinajstić information content (AvgIpc) is 2.89. The third-order valence-electron chi connectivity index (χ3n) is 3.45. The van der Waals surface area contributed by atoms with Crippen LogP contribution in [0, 0.1) is 5.92 Å². The molecule has 0 aliphatic carbocycles. The summed E-state index contributed by atoms with van der Waals surface area (Å²) >= 11 is 0. The van der Waals surface area contributed by atoms with E-state index < -0.39 is 0 Å². The molecule has 1 heterocycles. The molecule has 0 saturated carbocycles. The van der Waals surface area contributed by atoms with E-state index in [9.17, 15) is 4.79 Å².